The van der Waals surface area contributed by atoms with E-state index in [9.17, 15) is 39.9 Å². The molecule has 1 aliphatic rings. The van der Waals surface area contributed by atoms with Crippen molar-refractivity contribution in [1.29, 1.82) is 0 Å². The molecule has 1 aliphatic carbocycles. The number of carbonyl (C=O) groups excluding carboxylic acids is 1. The number of hydrogen-bond acceptors (Lipinski definition) is 1. The summed E-state index contributed by atoms with van der Waals surface area (Å²) >= 11 is 0. The van der Waals surface area contributed by atoms with Crippen LogP contribution in [-0.2, 0) is 5.92 Å². The molecule has 1 aromatic carbocycles. The van der Waals surface area contributed by atoms with Crippen LogP contribution in [-0.4, -0.2) is 5.78 Å². The molecule has 0 N–H and O–H groups in total. The molecule has 0 heterocycles. The highest BCUT2D eigenvalue weighted by Crippen LogP contribution is 2.47. The molecule has 0 atom stereocenters. The number of halogens is 8. The van der Waals surface area contributed by atoms with Gasteiger partial charge in [-0.05, 0) is 0 Å². The van der Waals surface area contributed by atoms with Crippen molar-refractivity contribution in [2.24, 2.45) is 0 Å². The predicted molar refractivity (Wildman–Crippen MR) is 43.7 cm³/mol. The van der Waals surface area contributed by atoms with Gasteiger partial charge in [0.25, 0.3) is 0 Å². The fraction of sp³-hybridized carbons (Fsp3) is 0.100. The molecule has 1 aromatic rings. The van der Waals surface area contributed by atoms with E-state index in [1.165, 1.54) is 0 Å². The van der Waals surface area contributed by atoms with E-state index in [1.807, 2.05) is 0 Å². The Hall–Kier alpha value is -1.93. The zero-order chi connectivity index (χ0) is 14.7. The normalized spacial score (nSPS) is 17.8. The summed E-state index contributed by atoms with van der Waals surface area (Å²) in [5.74, 6) is -23.5. The Kier molecular flexibility index (Phi) is 2.69. The SMILES string of the molecule is O=C1C(F)=C(F)C(F)(F)c2c(F)c(F)c(F)c(F)c21. The third-order valence-corrected chi connectivity index (χ3v) is 2.48. The smallest absolute Gasteiger partial charge is 0.286 e. The quantitative estimate of drug-likeness (QED) is 0.404. The molecule has 0 saturated heterocycles. The minimum atomic E-state index is -5.12. The molecule has 0 unspecified atom stereocenters. The molecule has 0 bridgehead atoms. The maximum absolute atomic E-state index is 13.2. The van der Waals surface area contributed by atoms with Crippen molar-refractivity contribution in [1.82, 2.24) is 0 Å². The topological polar surface area (TPSA) is 17.1 Å². The Morgan fingerprint density at radius 2 is 1.21 bits per heavy atom. The molecular formula is C10F8O. The maximum Gasteiger partial charge on any atom is 0.330 e. The van der Waals surface area contributed by atoms with E-state index in [4.69, 9.17) is 0 Å². The summed E-state index contributed by atoms with van der Waals surface area (Å²) in [4.78, 5) is 11.0. The molecule has 0 aromatic heterocycles. The van der Waals surface area contributed by atoms with Gasteiger partial charge >= 0.3 is 5.92 Å². The fourth-order valence-electron chi connectivity index (χ4n) is 1.60. The third kappa shape index (κ3) is 1.50. The summed E-state index contributed by atoms with van der Waals surface area (Å²) in [5.41, 5.74) is -4.44. The number of hydrogen-bond donors (Lipinski definition) is 0. The van der Waals surface area contributed by atoms with E-state index in [0.29, 0.717) is 0 Å². The first-order valence-corrected chi connectivity index (χ1v) is 4.47. The first-order valence-electron chi connectivity index (χ1n) is 4.47. The van der Waals surface area contributed by atoms with Crippen LogP contribution in [0.3, 0.4) is 0 Å². The number of benzene rings is 1. The summed E-state index contributed by atoms with van der Waals surface area (Å²) in [5, 5.41) is 0. The Morgan fingerprint density at radius 1 is 0.737 bits per heavy atom. The highest BCUT2D eigenvalue weighted by atomic mass is 19.3. The fourth-order valence-corrected chi connectivity index (χ4v) is 1.60. The summed E-state index contributed by atoms with van der Waals surface area (Å²) < 4.78 is 104. The largest absolute Gasteiger partial charge is 0.330 e. The number of allylic oxidation sites excluding steroid dienone is 2. The summed E-state index contributed by atoms with van der Waals surface area (Å²) in [6, 6.07) is 0. The second-order valence-electron chi connectivity index (χ2n) is 3.54. The van der Waals surface area contributed by atoms with Gasteiger partial charge in [0.15, 0.2) is 23.3 Å². The minimum absolute atomic E-state index is 2.07. The van der Waals surface area contributed by atoms with Gasteiger partial charge in [0.05, 0.1) is 11.1 Å². The van der Waals surface area contributed by atoms with E-state index in [2.05, 4.69) is 0 Å². The van der Waals surface area contributed by atoms with Crippen LogP contribution >= 0.6 is 0 Å². The van der Waals surface area contributed by atoms with Crippen molar-refractivity contribution in [2.75, 3.05) is 0 Å². The van der Waals surface area contributed by atoms with Crippen molar-refractivity contribution >= 4 is 5.78 Å². The molecule has 2 rings (SSSR count). The first kappa shape index (κ1) is 13.5. The predicted octanol–water partition coefficient (Wildman–Crippen LogP) is 3.68. The number of ketones is 1. The molecule has 0 amide bonds. The number of rotatable bonds is 0. The van der Waals surface area contributed by atoms with Crippen molar-refractivity contribution in [2.45, 2.75) is 5.92 Å². The van der Waals surface area contributed by atoms with Crippen LogP contribution in [0.4, 0.5) is 35.1 Å². The molecule has 0 spiro atoms. The maximum atomic E-state index is 13.2. The molecule has 0 fully saturated rings. The average molecular weight is 288 g/mol. The van der Waals surface area contributed by atoms with Crippen molar-refractivity contribution in [3.8, 4) is 0 Å². The summed E-state index contributed by atoms with van der Waals surface area (Å²) in [6.45, 7) is 0. The van der Waals surface area contributed by atoms with Crippen molar-refractivity contribution in [3.05, 3.63) is 46.0 Å². The van der Waals surface area contributed by atoms with Crippen LogP contribution in [0.2, 0.25) is 0 Å². The van der Waals surface area contributed by atoms with Gasteiger partial charge in [0.1, 0.15) is 0 Å². The van der Waals surface area contributed by atoms with Crippen molar-refractivity contribution in [3.63, 3.8) is 0 Å². The van der Waals surface area contributed by atoms with E-state index in [-0.39, 0.29) is 0 Å². The summed E-state index contributed by atoms with van der Waals surface area (Å²) in [6.07, 6.45) is 0. The Balaban J connectivity index is 3.01. The molecule has 0 aliphatic heterocycles. The Morgan fingerprint density at radius 3 is 1.74 bits per heavy atom. The van der Waals surface area contributed by atoms with Gasteiger partial charge in [-0.1, -0.05) is 0 Å². The number of fused-ring (bicyclic) bond motifs is 1. The number of alkyl halides is 2. The van der Waals surface area contributed by atoms with Gasteiger partial charge < -0.3 is 0 Å². The van der Waals surface area contributed by atoms with E-state index in [1.54, 1.807) is 0 Å². The molecule has 19 heavy (non-hydrogen) atoms. The van der Waals surface area contributed by atoms with Crippen LogP contribution in [0.5, 0.6) is 0 Å². The van der Waals surface area contributed by atoms with Gasteiger partial charge in [-0.25, -0.2) is 22.0 Å². The monoisotopic (exact) mass is 288 g/mol. The lowest BCUT2D eigenvalue weighted by Crippen LogP contribution is -2.30. The number of carbonyl (C=O) groups is 1. The lowest BCUT2D eigenvalue weighted by atomic mass is 9.90. The second-order valence-corrected chi connectivity index (χ2v) is 3.54. The van der Waals surface area contributed by atoms with Gasteiger partial charge in [0, 0.05) is 0 Å². The zero-order valence-electron chi connectivity index (χ0n) is 8.43. The first-order chi connectivity index (χ1) is 8.62. The standard InChI is InChI=1S/C10F8O/c11-3-1-2(4(12)6(14)5(3)13)10(17,18)9(16)7(15)8(1)19. The highest BCUT2D eigenvalue weighted by Gasteiger charge is 2.53. The zero-order valence-corrected chi connectivity index (χ0v) is 8.43. The van der Waals surface area contributed by atoms with Crippen LogP contribution in [0.1, 0.15) is 15.9 Å². The molecule has 0 saturated carbocycles. The number of Topliss-reactive ketones (excluding diaryl/α,β-unsaturated/α-hetero) is 1. The molecule has 0 radical (unpaired) electrons. The highest BCUT2D eigenvalue weighted by molar-refractivity contribution is 6.10. The minimum Gasteiger partial charge on any atom is -0.286 e. The van der Waals surface area contributed by atoms with E-state index in [0.717, 1.165) is 0 Å². The van der Waals surface area contributed by atoms with Gasteiger partial charge in [-0.15, -0.1) is 0 Å². The van der Waals surface area contributed by atoms with E-state index >= 15 is 0 Å². The van der Waals surface area contributed by atoms with E-state index < -0.39 is 57.8 Å². The lowest BCUT2D eigenvalue weighted by Gasteiger charge is -2.23. The molecule has 1 nitrogen and oxygen atoms in total. The Labute approximate surface area is 98.7 Å². The third-order valence-electron chi connectivity index (χ3n) is 2.48. The molecule has 9 heteroatoms. The van der Waals surface area contributed by atoms with Crippen LogP contribution < -0.4 is 0 Å². The van der Waals surface area contributed by atoms with Gasteiger partial charge in [0.2, 0.25) is 17.4 Å². The molecular weight excluding hydrogens is 288 g/mol. The van der Waals surface area contributed by atoms with Crippen LogP contribution in [0.15, 0.2) is 11.7 Å². The van der Waals surface area contributed by atoms with Gasteiger partial charge in [-0.2, -0.15) is 13.2 Å². The van der Waals surface area contributed by atoms with Gasteiger partial charge in [-0.3, -0.25) is 4.79 Å². The lowest BCUT2D eigenvalue weighted by molar-refractivity contribution is 0.000939. The Bertz CT molecular complexity index is 646. The summed E-state index contributed by atoms with van der Waals surface area (Å²) in [7, 11) is 0. The van der Waals surface area contributed by atoms with Crippen LogP contribution in [0, 0.1) is 23.3 Å². The second kappa shape index (κ2) is 3.78. The average Bonchev–Trinajstić information content (AvgIpc) is 2.35. The van der Waals surface area contributed by atoms with Crippen molar-refractivity contribution < 1.29 is 39.9 Å². The van der Waals surface area contributed by atoms with Crippen LogP contribution in [0.25, 0.3) is 0 Å². The molecule has 102 valence electrons.